The van der Waals surface area contributed by atoms with Crippen molar-refractivity contribution in [1.29, 1.82) is 0 Å². The number of rotatable bonds is 3. The summed E-state index contributed by atoms with van der Waals surface area (Å²) in [5.74, 6) is 2.58. The van der Waals surface area contributed by atoms with Crippen molar-refractivity contribution in [3.8, 4) is 0 Å². The summed E-state index contributed by atoms with van der Waals surface area (Å²) < 4.78 is 5.69. The molecular formula is C20H28O2. The lowest BCUT2D eigenvalue weighted by Crippen LogP contribution is -2.29. The molecule has 120 valence electrons. The molecule has 0 spiro atoms. The van der Waals surface area contributed by atoms with Crippen LogP contribution in [0.25, 0.3) is 0 Å². The summed E-state index contributed by atoms with van der Waals surface area (Å²) in [6.07, 6.45) is 10.4. The van der Waals surface area contributed by atoms with Crippen molar-refractivity contribution in [1.82, 2.24) is 0 Å². The molecule has 22 heavy (non-hydrogen) atoms. The van der Waals surface area contributed by atoms with E-state index < -0.39 is 0 Å². The van der Waals surface area contributed by atoms with Crippen molar-refractivity contribution in [3.05, 3.63) is 35.9 Å². The summed E-state index contributed by atoms with van der Waals surface area (Å²) in [4.78, 5) is 12.1. The summed E-state index contributed by atoms with van der Waals surface area (Å²) >= 11 is 0. The second kappa shape index (κ2) is 7.30. The topological polar surface area (TPSA) is 26.3 Å². The molecule has 0 N–H and O–H groups in total. The second-order valence-corrected chi connectivity index (χ2v) is 7.33. The quantitative estimate of drug-likeness (QED) is 0.715. The monoisotopic (exact) mass is 300 g/mol. The van der Waals surface area contributed by atoms with Crippen molar-refractivity contribution in [2.24, 2.45) is 17.8 Å². The zero-order valence-corrected chi connectivity index (χ0v) is 13.7. The largest absolute Gasteiger partial charge is 0.459 e. The zero-order chi connectivity index (χ0) is 15.4. The summed E-state index contributed by atoms with van der Waals surface area (Å²) in [7, 11) is 0. The molecule has 1 aromatic carbocycles. The maximum atomic E-state index is 12.1. The fraction of sp³-hybridized carbons (Fsp3) is 0.650. The Balaban J connectivity index is 1.45. The molecule has 2 saturated carbocycles. The van der Waals surface area contributed by atoms with E-state index in [2.05, 4.69) is 6.92 Å². The number of ether oxygens (including phenoxy) is 1. The van der Waals surface area contributed by atoms with Gasteiger partial charge in [-0.3, -0.25) is 0 Å². The van der Waals surface area contributed by atoms with Gasteiger partial charge in [-0.15, -0.1) is 0 Å². The molecule has 2 fully saturated rings. The van der Waals surface area contributed by atoms with Gasteiger partial charge in [0.05, 0.1) is 5.56 Å². The number of hydrogen-bond donors (Lipinski definition) is 0. The van der Waals surface area contributed by atoms with E-state index in [1.54, 1.807) is 0 Å². The minimum Gasteiger partial charge on any atom is -0.459 e. The zero-order valence-electron chi connectivity index (χ0n) is 13.7. The first-order chi connectivity index (χ1) is 10.7. The molecule has 2 aliphatic carbocycles. The van der Waals surface area contributed by atoms with Gasteiger partial charge in [0.2, 0.25) is 0 Å². The molecule has 0 bridgehead atoms. The molecule has 2 nitrogen and oxygen atoms in total. The Kier molecular flexibility index (Phi) is 5.17. The Morgan fingerprint density at radius 3 is 2.00 bits per heavy atom. The molecular weight excluding hydrogens is 272 g/mol. The average Bonchev–Trinajstić information content (AvgIpc) is 2.57. The molecule has 1 aromatic rings. The van der Waals surface area contributed by atoms with Crippen molar-refractivity contribution < 1.29 is 9.53 Å². The standard InChI is InChI=1S/C20H28O2/c1-15-7-9-16(10-8-15)17-11-13-19(14-12-17)22-20(21)18-5-3-2-4-6-18/h2-6,15-17,19H,7-14H2,1H3. The third-order valence-corrected chi connectivity index (χ3v) is 5.73. The van der Waals surface area contributed by atoms with Gasteiger partial charge in [0.1, 0.15) is 6.10 Å². The van der Waals surface area contributed by atoms with Gasteiger partial charge in [0.25, 0.3) is 0 Å². The average molecular weight is 300 g/mol. The summed E-state index contributed by atoms with van der Waals surface area (Å²) in [5.41, 5.74) is 0.672. The van der Waals surface area contributed by atoms with Gasteiger partial charge in [0.15, 0.2) is 0 Å². The van der Waals surface area contributed by atoms with Gasteiger partial charge in [-0.2, -0.15) is 0 Å². The smallest absolute Gasteiger partial charge is 0.338 e. The Morgan fingerprint density at radius 2 is 1.41 bits per heavy atom. The summed E-state index contributed by atoms with van der Waals surface area (Å²) in [5, 5.41) is 0. The number of esters is 1. The van der Waals surface area contributed by atoms with Crippen LogP contribution in [0.1, 0.15) is 68.6 Å². The van der Waals surface area contributed by atoms with Crippen molar-refractivity contribution in [2.75, 3.05) is 0 Å². The fourth-order valence-corrected chi connectivity index (χ4v) is 4.23. The predicted molar refractivity (Wildman–Crippen MR) is 88.7 cm³/mol. The molecule has 0 saturated heterocycles. The Morgan fingerprint density at radius 1 is 0.864 bits per heavy atom. The van der Waals surface area contributed by atoms with Crippen molar-refractivity contribution >= 4 is 5.97 Å². The minimum absolute atomic E-state index is 0.131. The second-order valence-electron chi connectivity index (χ2n) is 7.33. The Bertz CT molecular complexity index is 466. The van der Waals surface area contributed by atoms with E-state index in [-0.39, 0.29) is 12.1 Å². The van der Waals surface area contributed by atoms with Gasteiger partial charge < -0.3 is 4.74 Å². The highest BCUT2D eigenvalue weighted by Crippen LogP contribution is 2.40. The van der Waals surface area contributed by atoms with E-state index in [1.807, 2.05) is 30.3 Å². The normalized spacial score (nSPS) is 32.4. The molecule has 0 aliphatic heterocycles. The molecule has 0 amide bonds. The maximum absolute atomic E-state index is 12.1. The van der Waals surface area contributed by atoms with Gasteiger partial charge in [0, 0.05) is 0 Å². The van der Waals surface area contributed by atoms with Crippen LogP contribution < -0.4 is 0 Å². The Hall–Kier alpha value is -1.31. The van der Waals surface area contributed by atoms with Gasteiger partial charge in [-0.1, -0.05) is 38.0 Å². The minimum atomic E-state index is -0.157. The van der Waals surface area contributed by atoms with Crippen LogP contribution in [-0.2, 0) is 4.74 Å². The first kappa shape index (κ1) is 15.6. The first-order valence-electron chi connectivity index (χ1n) is 8.98. The summed E-state index contributed by atoms with van der Waals surface area (Å²) in [6.45, 7) is 2.39. The van der Waals surface area contributed by atoms with Crippen LogP contribution >= 0.6 is 0 Å². The van der Waals surface area contributed by atoms with Crippen LogP contribution in [0.3, 0.4) is 0 Å². The van der Waals surface area contributed by atoms with Gasteiger partial charge in [-0.05, 0) is 68.4 Å². The van der Waals surface area contributed by atoms with Gasteiger partial charge >= 0.3 is 5.97 Å². The van der Waals surface area contributed by atoms with Crippen LogP contribution in [0, 0.1) is 17.8 Å². The van der Waals surface area contributed by atoms with Gasteiger partial charge in [-0.25, -0.2) is 4.79 Å². The first-order valence-corrected chi connectivity index (χ1v) is 8.98. The fourth-order valence-electron chi connectivity index (χ4n) is 4.23. The Labute approximate surface area is 134 Å². The lowest BCUT2D eigenvalue weighted by molar-refractivity contribution is 0.0111. The predicted octanol–water partition coefficient (Wildman–Crippen LogP) is 5.23. The van der Waals surface area contributed by atoms with E-state index in [1.165, 1.54) is 38.5 Å². The third kappa shape index (κ3) is 3.91. The number of hydrogen-bond acceptors (Lipinski definition) is 2. The van der Waals surface area contributed by atoms with Crippen LogP contribution in [-0.4, -0.2) is 12.1 Å². The number of carbonyl (C=O) groups is 1. The molecule has 0 unspecified atom stereocenters. The van der Waals surface area contributed by atoms with E-state index >= 15 is 0 Å². The lowest BCUT2D eigenvalue weighted by atomic mass is 9.71. The number of benzene rings is 1. The molecule has 2 aliphatic rings. The van der Waals surface area contributed by atoms with E-state index in [4.69, 9.17) is 4.74 Å². The van der Waals surface area contributed by atoms with Crippen LogP contribution in [0.2, 0.25) is 0 Å². The van der Waals surface area contributed by atoms with Crippen molar-refractivity contribution in [2.45, 2.75) is 64.4 Å². The molecule has 2 heteroatoms. The van der Waals surface area contributed by atoms with E-state index in [0.29, 0.717) is 5.56 Å². The molecule has 0 aromatic heterocycles. The van der Waals surface area contributed by atoms with E-state index in [9.17, 15) is 4.79 Å². The lowest BCUT2D eigenvalue weighted by Gasteiger charge is -2.37. The third-order valence-electron chi connectivity index (χ3n) is 5.73. The highest BCUT2D eigenvalue weighted by Gasteiger charge is 2.31. The van der Waals surface area contributed by atoms with Crippen LogP contribution in [0.4, 0.5) is 0 Å². The van der Waals surface area contributed by atoms with Crippen molar-refractivity contribution in [3.63, 3.8) is 0 Å². The molecule has 3 rings (SSSR count). The SMILES string of the molecule is CC1CCC(C2CCC(OC(=O)c3ccccc3)CC2)CC1. The molecule has 0 radical (unpaired) electrons. The molecule has 0 atom stereocenters. The highest BCUT2D eigenvalue weighted by molar-refractivity contribution is 5.89. The van der Waals surface area contributed by atoms with Crippen LogP contribution in [0.15, 0.2) is 30.3 Å². The van der Waals surface area contributed by atoms with Crippen LogP contribution in [0.5, 0.6) is 0 Å². The molecule has 0 heterocycles. The highest BCUT2D eigenvalue weighted by atomic mass is 16.5. The summed E-state index contributed by atoms with van der Waals surface area (Å²) in [6, 6.07) is 9.36. The van der Waals surface area contributed by atoms with E-state index in [0.717, 1.165) is 30.6 Å². The maximum Gasteiger partial charge on any atom is 0.338 e. The number of carbonyl (C=O) groups excluding carboxylic acids is 1.